The second kappa shape index (κ2) is 11.6. The number of benzene rings is 8. The number of nitrogens with zero attached hydrogens (tertiary/aromatic N) is 2. The predicted octanol–water partition coefficient (Wildman–Crippen LogP) is 13.5. The van der Waals surface area contributed by atoms with Gasteiger partial charge in [0.25, 0.3) is 0 Å². The molecule has 0 unspecified atom stereocenters. The fraction of sp³-hybridized carbons (Fsp3) is 0.0196. The fourth-order valence-electron chi connectivity index (χ4n) is 9.28. The highest BCUT2D eigenvalue weighted by molar-refractivity contribution is 7.26. The molecule has 2 aliphatic rings. The van der Waals surface area contributed by atoms with E-state index in [2.05, 4.69) is 176 Å². The van der Waals surface area contributed by atoms with Gasteiger partial charge in [-0.1, -0.05) is 158 Å². The summed E-state index contributed by atoms with van der Waals surface area (Å²) in [4.78, 5) is 10.7. The van der Waals surface area contributed by atoms with Crippen LogP contribution in [0.25, 0.3) is 76.0 Å². The summed E-state index contributed by atoms with van der Waals surface area (Å²) in [5.74, 6) is 2.52. The Bertz CT molecular complexity index is 3150. The average Bonchev–Trinajstić information content (AvgIpc) is 3.77. The molecule has 3 nitrogen and oxygen atoms in total. The van der Waals surface area contributed by atoms with Crippen LogP contribution < -0.4 is 4.74 Å². The van der Waals surface area contributed by atoms with E-state index in [-0.39, 0.29) is 0 Å². The summed E-state index contributed by atoms with van der Waals surface area (Å²) >= 11 is 1.77. The van der Waals surface area contributed by atoms with Gasteiger partial charge in [0.1, 0.15) is 11.5 Å². The number of ether oxygens (including phenoxy) is 1. The molecule has 0 amide bonds. The Kier molecular flexibility index (Phi) is 6.42. The first-order valence-corrected chi connectivity index (χ1v) is 19.5. The molecule has 3 heterocycles. The van der Waals surface area contributed by atoms with Gasteiger partial charge in [-0.25, -0.2) is 9.97 Å². The summed E-state index contributed by atoms with van der Waals surface area (Å²) in [5, 5.41) is 3.54. The van der Waals surface area contributed by atoms with Gasteiger partial charge in [0.2, 0.25) is 0 Å². The molecule has 1 aliphatic heterocycles. The Morgan fingerprint density at radius 1 is 0.455 bits per heavy atom. The molecule has 256 valence electrons. The Morgan fingerprint density at radius 3 is 1.93 bits per heavy atom. The molecule has 12 rings (SSSR count). The molecule has 8 aromatic carbocycles. The highest BCUT2D eigenvalue weighted by Crippen LogP contribution is 2.62. The van der Waals surface area contributed by atoms with Gasteiger partial charge in [0.15, 0.2) is 5.82 Å². The number of rotatable bonds is 3. The Balaban J connectivity index is 1.17. The van der Waals surface area contributed by atoms with E-state index in [1.54, 1.807) is 11.3 Å². The molecule has 0 fully saturated rings. The third-order valence-electron chi connectivity index (χ3n) is 11.6. The lowest BCUT2D eigenvalue weighted by Crippen LogP contribution is -2.32. The van der Waals surface area contributed by atoms with E-state index in [9.17, 15) is 0 Å². The van der Waals surface area contributed by atoms with Gasteiger partial charge in [-0.15, -0.1) is 11.3 Å². The van der Waals surface area contributed by atoms with E-state index in [0.717, 1.165) is 55.3 Å². The van der Waals surface area contributed by atoms with Crippen molar-refractivity contribution in [1.29, 1.82) is 0 Å². The zero-order valence-electron chi connectivity index (χ0n) is 29.5. The van der Waals surface area contributed by atoms with Crippen molar-refractivity contribution >= 4 is 42.4 Å². The van der Waals surface area contributed by atoms with Crippen LogP contribution in [0.5, 0.6) is 11.5 Å². The highest BCUT2D eigenvalue weighted by atomic mass is 32.1. The van der Waals surface area contributed by atoms with E-state index in [0.29, 0.717) is 0 Å². The maximum atomic E-state index is 6.59. The number of fused-ring (bicyclic) bond motifs is 13. The molecule has 1 spiro atoms. The summed E-state index contributed by atoms with van der Waals surface area (Å²) in [6, 6.07) is 65.3. The second-order valence-corrected chi connectivity index (χ2v) is 15.4. The smallest absolute Gasteiger partial charge is 0.160 e. The molecule has 55 heavy (non-hydrogen) atoms. The minimum Gasteiger partial charge on any atom is -0.457 e. The Hall–Kier alpha value is -6.88. The van der Waals surface area contributed by atoms with E-state index >= 15 is 0 Å². The first kappa shape index (κ1) is 30.6. The van der Waals surface area contributed by atoms with E-state index in [1.807, 2.05) is 6.07 Å². The van der Waals surface area contributed by atoms with Crippen molar-refractivity contribution in [1.82, 2.24) is 9.97 Å². The van der Waals surface area contributed by atoms with E-state index < -0.39 is 5.41 Å². The minimum atomic E-state index is -0.516. The molecule has 0 N–H and O–H groups in total. The lowest BCUT2D eigenvalue weighted by Gasteiger charge is -2.39. The molecule has 2 aromatic heterocycles. The quantitative estimate of drug-likeness (QED) is 0.182. The maximum Gasteiger partial charge on any atom is 0.160 e. The third-order valence-corrected chi connectivity index (χ3v) is 12.7. The summed E-state index contributed by atoms with van der Waals surface area (Å²) < 4.78 is 8.89. The molecule has 10 aromatic rings. The zero-order valence-corrected chi connectivity index (χ0v) is 30.3. The SMILES string of the molecule is c1ccc(-c2nc(-c3ccc4ccccc4c3-c3ccc4c(c3)-c3ccccc3C43c4ccccc4Oc4ccccc43)c3sc4ccccc4c3n2)cc1. The minimum absolute atomic E-state index is 0.516. The number of hydrogen-bond donors (Lipinski definition) is 0. The molecular formula is C51H30N2OS. The molecule has 0 bridgehead atoms. The van der Waals surface area contributed by atoms with Gasteiger partial charge in [0, 0.05) is 32.3 Å². The van der Waals surface area contributed by atoms with Gasteiger partial charge in [-0.05, 0) is 68.4 Å². The van der Waals surface area contributed by atoms with Crippen LogP contribution in [0.1, 0.15) is 22.3 Å². The first-order chi connectivity index (χ1) is 27.3. The van der Waals surface area contributed by atoms with Gasteiger partial charge >= 0.3 is 0 Å². The number of para-hydroxylation sites is 2. The maximum absolute atomic E-state index is 6.59. The van der Waals surface area contributed by atoms with Gasteiger partial charge in [0.05, 0.1) is 21.3 Å². The second-order valence-electron chi connectivity index (χ2n) is 14.4. The lowest BCUT2D eigenvalue weighted by atomic mass is 9.66. The molecule has 0 saturated heterocycles. The Labute approximate surface area is 321 Å². The van der Waals surface area contributed by atoms with Crippen molar-refractivity contribution in [3.05, 3.63) is 204 Å². The molecule has 4 heteroatoms. The molecule has 0 saturated carbocycles. The Morgan fingerprint density at radius 2 is 1.11 bits per heavy atom. The first-order valence-electron chi connectivity index (χ1n) is 18.7. The number of hydrogen-bond acceptors (Lipinski definition) is 4. The normalized spacial score (nSPS) is 13.4. The van der Waals surface area contributed by atoms with Gasteiger partial charge in [-0.2, -0.15) is 0 Å². The molecule has 0 atom stereocenters. The summed E-state index contributed by atoms with van der Waals surface area (Å²) in [6.07, 6.45) is 0. The van der Waals surface area contributed by atoms with Crippen LogP contribution in [-0.4, -0.2) is 9.97 Å². The van der Waals surface area contributed by atoms with E-state index in [4.69, 9.17) is 14.7 Å². The van der Waals surface area contributed by atoms with Crippen LogP contribution in [0.3, 0.4) is 0 Å². The highest BCUT2D eigenvalue weighted by Gasteiger charge is 2.51. The number of aromatic nitrogens is 2. The monoisotopic (exact) mass is 718 g/mol. The third kappa shape index (κ3) is 4.26. The van der Waals surface area contributed by atoms with Crippen molar-refractivity contribution < 1.29 is 4.74 Å². The van der Waals surface area contributed by atoms with Crippen LogP contribution in [0.15, 0.2) is 182 Å². The predicted molar refractivity (Wildman–Crippen MR) is 226 cm³/mol. The average molecular weight is 719 g/mol. The van der Waals surface area contributed by atoms with Crippen molar-refractivity contribution in [2.45, 2.75) is 5.41 Å². The number of thiophene rings is 1. The van der Waals surface area contributed by atoms with E-state index in [1.165, 1.54) is 54.4 Å². The van der Waals surface area contributed by atoms with Crippen LogP contribution in [0, 0.1) is 0 Å². The van der Waals surface area contributed by atoms with Crippen molar-refractivity contribution in [2.75, 3.05) is 0 Å². The summed E-state index contributed by atoms with van der Waals surface area (Å²) in [6.45, 7) is 0. The van der Waals surface area contributed by atoms with Gasteiger partial charge in [-0.3, -0.25) is 0 Å². The molecule has 0 radical (unpaired) electrons. The van der Waals surface area contributed by atoms with Crippen LogP contribution in [0.2, 0.25) is 0 Å². The summed E-state index contributed by atoms with van der Waals surface area (Å²) in [5.41, 5.74) is 13.2. The van der Waals surface area contributed by atoms with Crippen molar-refractivity contribution in [2.24, 2.45) is 0 Å². The molecular weight excluding hydrogens is 689 g/mol. The topological polar surface area (TPSA) is 35.0 Å². The molecule has 1 aliphatic carbocycles. The largest absolute Gasteiger partial charge is 0.457 e. The van der Waals surface area contributed by atoms with Crippen LogP contribution >= 0.6 is 11.3 Å². The van der Waals surface area contributed by atoms with Crippen molar-refractivity contribution in [3.8, 4) is 56.4 Å². The fourth-order valence-corrected chi connectivity index (χ4v) is 10.4. The van der Waals surface area contributed by atoms with Gasteiger partial charge < -0.3 is 4.74 Å². The standard InChI is InChI=1S/C51H30N2OS/c1-2-15-32(16-3-1)50-52-47-36-19-7-13-25-45(36)55-49(47)48(53-50)37-28-26-31-14-4-5-17-34(31)46(37)33-27-29-40-38(30-33)35-18-6-8-20-39(35)51(40)41-21-9-11-23-43(41)54-44-24-12-10-22-42(44)51/h1-30H. The zero-order chi connectivity index (χ0) is 36.1. The van der Waals surface area contributed by atoms with Crippen molar-refractivity contribution in [3.63, 3.8) is 0 Å². The lowest BCUT2D eigenvalue weighted by molar-refractivity contribution is 0.436. The van der Waals surface area contributed by atoms with Crippen LogP contribution in [0.4, 0.5) is 0 Å². The summed E-state index contributed by atoms with van der Waals surface area (Å²) in [7, 11) is 0. The van der Waals surface area contributed by atoms with Crippen LogP contribution in [-0.2, 0) is 5.41 Å².